The van der Waals surface area contributed by atoms with Gasteiger partial charge in [-0.15, -0.1) is 5.10 Å². The molecule has 4 rings (SSSR count). The van der Waals surface area contributed by atoms with Crippen molar-refractivity contribution in [2.24, 2.45) is 0 Å². The van der Waals surface area contributed by atoms with Crippen LogP contribution in [0.4, 0.5) is 11.4 Å². The Morgan fingerprint density at radius 3 is 2.57 bits per heavy atom. The highest BCUT2D eigenvalue weighted by atomic mass is 16.2. The lowest BCUT2D eigenvalue weighted by Gasteiger charge is -2.26. The second kappa shape index (κ2) is 7.59. The topological polar surface area (TPSA) is 93.0 Å². The molecule has 0 saturated carbocycles. The quantitative estimate of drug-likeness (QED) is 0.756. The van der Waals surface area contributed by atoms with Gasteiger partial charge >= 0.3 is 0 Å². The van der Waals surface area contributed by atoms with Crippen molar-refractivity contribution >= 4 is 23.2 Å². The Labute approximate surface area is 162 Å². The molecule has 0 atom stereocenters. The summed E-state index contributed by atoms with van der Waals surface area (Å²) >= 11 is 0. The Morgan fingerprint density at radius 2 is 1.86 bits per heavy atom. The number of aromatic nitrogens is 4. The standard InChI is InChI=1S/C20H20N6O2/c1-14-5-8-17(26-13-21-23-24-26)12-18(14)22-20(28)15-6-9-16(10-7-15)25-11-3-2-4-19(25)27/h5-10,12-13H,2-4,11H2,1H3,(H,22,28). The molecule has 1 aromatic heterocycles. The van der Waals surface area contributed by atoms with Crippen molar-refractivity contribution in [1.29, 1.82) is 0 Å². The average molecular weight is 376 g/mol. The fourth-order valence-electron chi connectivity index (χ4n) is 3.23. The van der Waals surface area contributed by atoms with E-state index in [9.17, 15) is 9.59 Å². The van der Waals surface area contributed by atoms with Crippen molar-refractivity contribution < 1.29 is 9.59 Å². The van der Waals surface area contributed by atoms with Gasteiger partial charge in [-0.3, -0.25) is 9.59 Å². The summed E-state index contributed by atoms with van der Waals surface area (Å²) in [6.45, 7) is 2.65. The van der Waals surface area contributed by atoms with Gasteiger partial charge in [-0.2, -0.15) is 0 Å². The molecule has 1 N–H and O–H groups in total. The number of hydrogen-bond acceptors (Lipinski definition) is 5. The van der Waals surface area contributed by atoms with E-state index >= 15 is 0 Å². The van der Waals surface area contributed by atoms with Crippen LogP contribution < -0.4 is 10.2 Å². The van der Waals surface area contributed by atoms with Gasteiger partial charge in [0.2, 0.25) is 5.91 Å². The smallest absolute Gasteiger partial charge is 0.255 e. The van der Waals surface area contributed by atoms with Crippen molar-refractivity contribution in [3.05, 3.63) is 59.9 Å². The summed E-state index contributed by atoms with van der Waals surface area (Å²) in [7, 11) is 0. The molecule has 2 aromatic carbocycles. The van der Waals surface area contributed by atoms with E-state index in [4.69, 9.17) is 0 Å². The number of nitrogens with one attached hydrogen (secondary N) is 1. The van der Waals surface area contributed by atoms with Gasteiger partial charge in [-0.1, -0.05) is 6.07 Å². The number of hydrogen-bond donors (Lipinski definition) is 1. The number of benzene rings is 2. The molecule has 28 heavy (non-hydrogen) atoms. The lowest BCUT2D eigenvalue weighted by Crippen LogP contribution is -2.35. The highest BCUT2D eigenvalue weighted by Crippen LogP contribution is 2.23. The van der Waals surface area contributed by atoms with E-state index in [-0.39, 0.29) is 11.8 Å². The zero-order chi connectivity index (χ0) is 19.5. The van der Waals surface area contributed by atoms with Crippen LogP contribution in [0.5, 0.6) is 0 Å². The first-order valence-electron chi connectivity index (χ1n) is 9.17. The molecule has 1 saturated heterocycles. The van der Waals surface area contributed by atoms with Crippen LogP contribution in [0.2, 0.25) is 0 Å². The van der Waals surface area contributed by atoms with Crippen LogP contribution in [0.25, 0.3) is 5.69 Å². The molecule has 0 bridgehead atoms. The summed E-state index contributed by atoms with van der Waals surface area (Å²) in [4.78, 5) is 26.5. The van der Waals surface area contributed by atoms with E-state index in [0.717, 1.165) is 36.3 Å². The predicted octanol–water partition coefficient (Wildman–Crippen LogP) is 2.74. The fourth-order valence-corrected chi connectivity index (χ4v) is 3.23. The normalized spacial score (nSPS) is 14.2. The molecule has 0 aliphatic carbocycles. The molecular weight excluding hydrogens is 356 g/mol. The van der Waals surface area contributed by atoms with Gasteiger partial charge in [0.25, 0.3) is 5.91 Å². The largest absolute Gasteiger partial charge is 0.322 e. The van der Waals surface area contributed by atoms with Gasteiger partial charge in [0.05, 0.1) is 5.69 Å². The van der Waals surface area contributed by atoms with E-state index in [2.05, 4.69) is 20.8 Å². The zero-order valence-corrected chi connectivity index (χ0v) is 15.5. The highest BCUT2D eigenvalue weighted by Gasteiger charge is 2.19. The van der Waals surface area contributed by atoms with Crippen molar-refractivity contribution in [1.82, 2.24) is 20.2 Å². The second-order valence-corrected chi connectivity index (χ2v) is 6.76. The van der Waals surface area contributed by atoms with Crippen LogP contribution in [0, 0.1) is 6.92 Å². The third-order valence-electron chi connectivity index (χ3n) is 4.85. The van der Waals surface area contributed by atoms with Crippen LogP contribution in [0.3, 0.4) is 0 Å². The molecule has 8 nitrogen and oxygen atoms in total. The Kier molecular flexibility index (Phi) is 4.84. The predicted molar refractivity (Wildman–Crippen MR) is 104 cm³/mol. The second-order valence-electron chi connectivity index (χ2n) is 6.76. The molecule has 142 valence electrons. The number of rotatable bonds is 4. The van der Waals surface area contributed by atoms with Crippen molar-refractivity contribution in [2.45, 2.75) is 26.2 Å². The first-order valence-corrected chi connectivity index (χ1v) is 9.17. The molecule has 1 aliphatic heterocycles. The minimum atomic E-state index is -0.214. The first kappa shape index (κ1) is 17.8. The molecule has 1 fully saturated rings. The summed E-state index contributed by atoms with van der Waals surface area (Å²) in [5, 5.41) is 14.1. The zero-order valence-electron chi connectivity index (χ0n) is 15.5. The van der Waals surface area contributed by atoms with Gasteiger partial charge < -0.3 is 10.2 Å². The van der Waals surface area contributed by atoms with Crippen LogP contribution in [0.1, 0.15) is 35.2 Å². The van der Waals surface area contributed by atoms with Crippen LogP contribution in [0.15, 0.2) is 48.8 Å². The van der Waals surface area contributed by atoms with Gasteiger partial charge in [0.1, 0.15) is 6.33 Å². The molecule has 1 aliphatic rings. The summed E-state index contributed by atoms with van der Waals surface area (Å²) in [6, 6.07) is 12.7. The average Bonchev–Trinajstić information content (AvgIpc) is 3.25. The number of amides is 2. The van der Waals surface area contributed by atoms with Crippen LogP contribution in [-0.2, 0) is 4.79 Å². The Bertz CT molecular complexity index is 998. The summed E-state index contributed by atoms with van der Waals surface area (Å²) < 4.78 is 1.53. The van der Waals surface area contributed by atoms with Gasteiger partial charge in [-0.25, -0.2) is 4.68 Å². The summed E-state index contributed by atoms with van der Waals surface area (Å²) in [5.74, 6) is -0.0769. The molecule has 8 heteroatoms. The Hall–Kier alpha value is -3.55. The minimum absolute atomic E-state index is 0.137. The SMILES string of the molecule is Cc1ccc(-n2cnnn2)cc1NC(=O)c1ccc(N2CCCCC2=O)cc1. The number of anilines is 2. The van der Waals surface area contributed by atoms with Crippen molar-refractivity contribution in [3.8, 4) is 5.69 Å². The van der Waals surface area contributed by atoms with Crippen LogP contribution >= 0.6 is 0 Å². The third-order valence-corrected chi connectivity index (χ3v) is 4.85. The van der Waals surface area contributed by atoms with Gasteiger partial charge in [-0.05, 0) is 72.2 Å². The third kappa shape index (κ3) is 3.62. The number of nitrogens with zero attached hydrogens (tertiary/aromatic N) is 5. The van der Waals surface area contributed by atoms with E-state index in [1.165, 1.54) is 11.0 Å². The van der Waals surface area contributed by atoms with Crippen molar-refractivity contribution in [3.63, 3.8) is 0 Å². The molecule has 3 aromatic rings. The maximum Gasteiger partial charge on any atom is 0.255 e. The Balaban J connectivity index is 1.51. The highest BCUT2D eigenvalue weighted by molar-refractivity contribution is 6.05. The number of piperidine rings is 1. The van der Waals surface area contributed by atoms with E-state index in [0.29, 0.717) is 17.7 Å². The maximum atomic E-state index is 12.7. The van der Waals surface area contributed by atoms with Crippen molar-refractivity contribution in [2.75, 3.05) is 16.8 Å². The monoisotopic (exact) mass is 376 g/mol. The minimum Gasteiger partial charge on any atom is -0.322 e. The van der Waals surface area contributed by atoms with E-state index in [1.807, 2.05) is 37.3 Å². The molecular formula is C20H20N6O2. The van der Waals surface area contributed by atoms with E-state index < -0.39 is 0 Å². The number of carbonyl (C=O) groups excluding carboxylic acids is 2. The lowest BCUT2D eigenvalue weighted by atomic mass is 10.1. The summed E-state index contributed by atoms with van der Waals surface area (Å²) in [5.41, 5.74) is 3.73. The van der Waals surface area contributed by atoms with Gasteiger partial charge in [0, 0.05) is 29.9 Å². The first-order chi connectivity index (χ1) is 13.6. The summed E-state index contributed by atoms with van der Waals surface area (Å²) in [6.07, 6.45) is 4.03. The molecule has 0 unspecified atom stereocenters. The fraction of sp³-hybridized carbons (Fsp3) is 0.250. The molecule has 2 heterocycles. The number of carbonyl (C=O) groups is 2. The number of tetrazole rings is 1. The maximum absolute atomic E-state index is 12.7. The molecule has 0 radical (unpaired) electrons. The van der Waals surface area contributed by atoms with E-state index in [1.54, 1.807) is 17.0 Å². The Morgan fingerprint density at radius 1 is 1.07 bits per heavy atom. The van der Waals surface area contributed by atoms with Crippen LogP contribution in [-0.4, -0.2) is 38.6 Å². The lowest BCUT2D eigenvalue weighted by molar-refractivity contribution is -0.119. The van der Waals surface area contributed by atoms with Gasteiger partial charge in [0.15, 0.2) is 0 Å². The number of aryl methyl sites for hydroxylation is 1. The molecule has 0 spiro atoms. The molecule has 2 amide bonds.